The van der Waals surface area contributed by atoms with E-state index in [9.17, 15) is 9.59 Å². The third kappa shape index (κ3) is 4.59. The van der Waals surface area contributed by atoms with E-state index in [1.165, 1.54) is 18.9 Å². The average Bonchev–Trinajstić information content (AvgIpc) is 2.48. The molecule has 1 aromatic carbocycles. The molecule has 6 nitrogen and oxygen atoms in total. The Bertz CT molecular complexity index is 540. The van der Waals surface area contributed by atoms with Crippen molar-refractivity contribution < 1.29 is 19.2 Å². The lowest BCUT2D eigenvalue weighted by molar-refractivity contribution is -0.111. The minimum Gasteiger partial charge on any atom is -0.452 e. The molecule has 0 radical (unpaired) electrons. The minimum absolute atomic E-state index is 0.145. The SMILES string of the molecule is CCN(C(=O)OC)c1ccccc1CO/N=C(\C)C(C)=O. The summed E-state index contributed by atoms with van der Waals surface area (Å²) in [6, 6.07) is 7.31. The van der Waals surface area contributed by atoms with E-state index in [1.54, 1.807) is 13.0 Å². The van der Waals surface area contributed by atoms with Crippen molar-refractivity contribution in [2.45, 2.75) is 27.4 Å². The molecule has 0 aromatic heterocycles. The van der Waals surface area contributed by atoms with Gasteiger partial charge in [0.15, 0.2) is 5.78 Å². The predicted molar refractivity (Wildman–Crippen MR) is 80.4 cm³/mol. The van der Waals surface area contributed by atoms with Gasteiger partial charge in [0.05, 0.1) is 12.8 Å². The molecule has 0 fully saturated rings. The number of benzene rings is 1. The standard InChI is InChI=1S/C15H20N2O4/c1-5-17(15(19)20-4)14-9-7-6-8-13(14)10-21-16-11(2)12(3)18/h6-9H,5,10H2,1-4H3/b16-11+. The second-order valence-electron chi connectivity index (χ2n) is 4.35. The smallest absolute Gasteiger partial charge is 0.413 e. The van der Waals surface area contributed by atoms with E-state index in [0.29, 0.717) is 17.9 Å². The number of anilines is 1. The number of rotatable bonds is 6. The normalized spacial score (nSPS) is 11.0. The Morgan fingerprint density at radius 3 is 2.48 bits per heavy atom. The lowest BCUT2D eigenvalue weighted by Gasteiger charge is -2.21. The zero-order valence-electron chi connectivity index (χ0n) is 12.8. The van der Waals surface area contributed by atoms with E-state index in [0.717, 1.165) is 5.56 Å². The first-order valence-electron chi connectivity index (χ1n) is 6.62. The van der Waals surface area contributed by atoms with Gasteiger partial charge in [-0.05, 0) is 19.9 Å². The van der Waals surface area contributed by atoms with Crippen molar-refractivity contribution in [1.29, 1.82) is 0 Å². The molecule has 1 amide bonds. The first-order chi connectivity index (χ1) is 10.0. The van der Waals surface area contributed by atoms with Crippen LogP contribution in [-0.4, -0.2) is 31.2 Å². The molecule has 0 bridgehead atoms. The highest BCUT2D eigenvalue weighted by Gasteiger charge is 2.17. The molecule has 0 atom stereocenters. The van der Waals surface area contributed by atoms with Gasteiger partial charge in [0.2, 0.25) is 0 Å². The Morgan fingerprint density at radius 1 is 1.24 bits per heavy atom. The van der Waals surface area contributed by atoms with Crippen LogP contribution in [-0.2, 0) is 21.0 Å². The van der Waals surface area contributed by atoms with E-state index < -0.39 is 6.09 Å². The van der Waals surface area contributed by atoms with Gasteiger partial charge in [-0.2, -0.15) is 0 Å². The molecule has 1 rings (SSSR count). The minimum atomic E-state index is -0.437. The molecule has 1 aromatic rings. The highest BCUT2D eigenvalue weighted by molar-refractivity contribution is 6.37. The van der Waals surface area contributed by atoms with Gasteiger partial charge in [0.1, 0.15) is 12.3 Å². The highest BCUT2D eigenvalue weighted by atomic mass is 16.6. The molecular formula is C15H20N2O4. The summed E-state index contributed by atoms with van der Waals surface area (Å²) in [5, 5.41) is 3.74. The van der Waals surface area contributed by atoms with Gasteiger partial charge in [-0.1, -0.05) is 23.4 Å². The zero-order chi connectivity index (χ0) is 15.8. The van der Waals surface area contributed by atoms with Crippen LogP contribution in [0.2, 0.25) is 0 Å². The molecule has 0 aliphatic rings. The van der Waals surface area contributed by atoms with E-state index in [4.69, 9.17) is 9.57 Å². The van der Waals surface area contributed by atoms with Crippen LogP contribution in [0.4, 0.5) is 10.5 Å². The number of hydrogen-bond donors (Lipinski definition) is 0. The summed E-state index contributed by atoms with van der Waals surface area (Å²) >= 11 is 0. The number of carbonyl (C=O) groups excluding carboxylic acids is 2. The van der Waals surface area contributed by atoms with Crippen LogP contribution in [0.15, 0.2) is 29.4 Å². The molecule has 0 aliphatic carbocycles. The lowest BCUT2D eigenvalue weighted by atomic mass is 10.1. The van der Waals surface area contributed by atoms with Gasteiger partial charge in [-0.25, -0.2) is 4.79 Å². The van der Waals surface area contributed by atoms with E-state index >= 15 is 0 Å². The highest BCUT2D eigenvalue weighted by Crippen LogP contribution is 2.22. The molecular weight excluding hydrogens is 272 g/mol. The van der Waals surface area contributed by atoms with Crippen LogP contribution in [0.5, 0.6) is 0 Å². The zero-order valence-corrected chi connectivity index (χ0v) is 12.8. The van der Waals surface area contributed by atoms with Crippen molar-refractivity contribution in [3.63, 3.8) is 0 Å². The molecule has 0 spiro atoms. The van der Waals surface area contributed by atoms with Crippen molar-refractivity contribution in [3.05, 3.63) is 29.8 Å². The lowest BCUT2D eigenvalue weighted by Crippen LogP contribution is -2.31. The van der Waals surface area contributed by atoms with Crippen LogP contribution in [0.25, 0.3) is 0 Å². The number of para-hydroxylation sites is 1. The molecule has 21 heavy (non-hydrogen) atoms. The van der Waals surface area contributed by atoms with Gasteiger partial charge in [-0.3, -0.25) is 9.69 Å². The van der Waals surface area contributed by atoms with E-state index in [1.807, 2.05) is 25.1 Å². The molecule has 0 unspecified atom stereocenters. The van der Waals surface area contributed by atoms with Crippen molar-refractivity contribution in [2.24, 2.45) is 5.16 Å². The van der Waals surface area contributed by atoms with Gasteiger partial charge in [-0.15, -0.1) is 0 Å². The summed E-state index contributed by atoms with van der Waals surface area (Å²) in [6.45, 7) is 5.49. The number of amides is 1. The number of hydrogen-bond acceptors (Lipinski definition) is 5. The maximum Gasteiger partial charge on any atom is 0.413 e. The van der Waals surface area contributed by atoms with Gasteiger partial charge < -0.3 is 9.57 Å². The Labute approximate surface area is 124 Å². The summed E-state index contributed by atoms with van der Waals surface area (Å²) < 4.78 is 4.76. The number of ketones is 1. The van der Waals surface area contributed by atoms with Crippen LogP contribution in [0.3, 0.4) is 0 Å². The van der Waals surface area contributed by atoms with Crippen molar-refractivity contribution in [1.82, 2.24) is 0 Å². The van der Waals surface area contributed by atoms with Crippen LogP contribution >= 0.6 is 0 Å². The Hall–Kier alpha value is -2.37. The Kier molecular flexibility index (Phi) is 6.39. The fourth-order valence-corrected chi connectivity index (χ4v) is 1.67. The number of nitrogens with zero attached hydrogens (tertiary/aromatic N) is 2. The molecule has 114 valence electrons. The summed E-state index contributed by atoms with van der Waals surface area (Å²) in [5.74, 6) is -0.145. The summed E-state index contributed by atoms with van der Waals surface area (Å²) in [4.78, 5) is 29.5. The summed E-state index contributed by atoms with van der Waals surface area (Å²) in [7, 11) is 1.34. The predicted octanol–water partition coefficient (Wildman–Crippen LogP) is 2.76. The topological polar surface area (TPSA) is 68.2 Å². The van der Waals surface area contributed by atoms with Crippen LogP contribution in [0.1, 0.15) is 26.3 Å². The molecule has 0 saturated heterocycles. The quantitative estimate of drug-likeness (QED) is 0.597. The summed E-state index contributed by atoms with van der Waals surface area (Å²) in [6.07, 6.45) is -0.437. The fraction of sp³-hybridized carbons (Fsp3) is 0.400. The average molecular weight is 292 g/mol. The fourth-order valence-electron chi connectivity index (χ4n) is 1.67. The number of carbonyl (C=O) groups is 2. The maximum atomic E-state index is 11.8. The van der Waals surface area contributed by atoms with Gasteiger partial charge >= 0.3 is 6.09 Å². The number of oxime groups is 1. The molecule has 0 heterocycles. The number of Topliss-reactive ketones (excluding diaryl/α,β-unsaturated/α-hetero) is 1. The van der Waals surface area contributed by atoms with E-state index in [-0.39, 0.29) is 12.4 Å². The van der Waals surface area contributed by atoms with Crippen molar-refractivity contribution in [3.8, 4) is 0 Å². The third-order valence-electron chi connectivity index (χ3n) is 2.92. The van der Waals surface area contributed by atoms with Crippen molar-refractivity contribution in [2.75, 3.05) is 18.6 Å². The summed E-state index contributed by atoms with van der Waals surface area (Å²) in [5.41, 5.74) is 1.78. The molecule has 0 aliphatic heterocycles. The van der Waals surface area contributed by atoms with E-state index in [2.05, 4.69) is 5.16 Å². The Morgan fingerprint density at radius 2 is 1.90 bits per heavy atom. The first kappa shape index (κ1) is 16.7. The second-order valence-corrected chi connectivity index (χ2v) is 4.35. The second kappa shape index (κ2) is 8.04. The first-order valence-corrected chi connectivity index (χ1v) is 6.62. The Balaban J connectivity index is 2.91. The third-order valence-corrected chi connectivity index (χ3v) is 2.92. The number of ether oxygens (including phenoxy) is 1. The molecule has 0 saturated carbocycles. The molecule has 6 heteroatoms. The van der Waals surface area contributed by atoms with Gasteiger partial charge in [0, 0.05) is 19.0 Å². The monoisotopic (exact) mass is 292 g/mol. The largest absolute Gasteiger partial charge is 0.452 e. The molecule has 0 N–H and O–H groups in total. The van der Waals surface area contributed by atoms with Crippen LogP contribution in [0, 0.1) is 0 Å². The number of methoxy groups -OCH3 is 1. The van der Waals surface area contributed by atoms with Crippen molar-refractivity contribution >= 4 is 23.3 Å². The van der Waals surface area contributed by atoms with Crippen LogP contribution < -0.4 is 4.90 Å². The van der Waals surface area contributed by atoms with Gasteiger partial charge in [0.25, 0.3) is 0 Å². The maximum absolute atomic E-state index is 11.8.